The Bertz CT molecular complexity index is 591. The highest BCUT2D eigenvalue weighted by molar-refractivity contribution is 5.76. The van der Waals surface area contributed by atoms with Gasteiger partial charge in [0.25, 0.3) is 0 Å². The molecule has 1 aromatic heterocycles. The Kier molecular flexibility index (Phi) is 5.40. The Balaban J connectivity index is 1.59. The van der Waals surface area contributed by atoms with E-state index < -0.39 is 0 Å². The lowest BCUT2D eigenvalue weighted by Gasteiger charge is -2.19. The van der Waals surface area contributed by atoms with Gasteiger partial charge in [-0.15, -0.1) is 0 Å². The highest BCUT2D eigenvalue weighted by Crippen LogP contribution is 2.28. The van der Waals surface area contributed by atoms with Gasteiger partial charge >= 0.3 is 0 Å². The van der Waals surface area contributed by atoms with Crippen molar-refractivity contribution in [3.8, 4) is 0 Å². The summed E-state index contributed by atoms with van der Waals surface area (Å²) in [6, 6.07) is 9.93. The first-order valence-corrected chi connectivity index (χ1v) is 8.49. The summed E-state index contributed by atoms with van der Waals surface area (Å²) in [4.78, 5) is 14.0. The van der Waals surface area contributed by atoms with Crippen molar-refractivity contribution in [3.05, 3.63) is 48.3 Å². The second kappa shape index (κ2) is 7.90. The Hall–Kier alpha value is -2.17. The van der Waals surface area contributed by atoms with Crippen LogP contribution in [0.3, 0.4) is 0 Å². The normalized spacial score (nSPS) is 16.3. The summed E-state index contributed by atoms with van der Waals surface area (Å²) in [6.07, 6.45) is 10.1. The number of carbonyl (C=O) groups excluding carboxylic acids is 1. The molecule has 1 aromatic carbocycles. The van der Waals surface area contributed by atoms with Crippen LogP contribution in [0.5, 0.6) is 0 Å². The van der Waals surface area contributed by atoms with E-state index in [4.69, 9.17) is 0 Å². The molecule has 5 heteroatoms. The molecule has 1 fully saturated rings. The van der Waals surface area contributed by atoms with E-state index in [1.54, 1.807) is 17.2 Å². The summed E-state index contributed by atoms with van der Waals surface area (Å²) in [7, 11) is 0. The van der Waals surface area contributed by atoms with Crippen LogP contribution in [-0.4, -0.2) is 20.9 Å². The molecule has 0 radical (unpaired) electrons. The average Bonchev–Trinajstić information content (AvgIpc) is 3.27. The quantitative estimate of drug-likeness (QED) is 0.854. The van der Waals surface area contributed by atoms with Gasteiger partial charge in [-0.2, -0.15) is 15.0 Å². The van der Waals surface area contributed by atoms with Crippen LogP contribution >= 0.6 is 0 Å². The molecule has 1 aliphatic carbocycles. The van der Waals surface area contributed by atoms with Crippen molar-refractivity contribution >= 4 is 5.91 Å². The van der Waals surface area contributed by atoms with Crippen LogP contribution in [0.4, 0.5) is 0 Å². The minimum absolute atomic E-state index is 0.0975. The number of hydrogen-bond donors (Lipinski definition) is 1. The topological polar surface area (TPSA) is 59.8 Å². The van der Waals surface area contributed by atoms with Crippen LogP contribution in [0.1, 0.15) is 50.1 Å². The average molecular weight is 312 g/mol. The second-order valence-corrected chi connectivity index (χ2v) is 6.30. The van der Waals surface area contributed by atoms with Crippen LogP contribution < -0.4 is 5.32 Å². The van der Waals surface area contributed by atoms with Crippen molar-refractivity contribution in [2.75, 3.05) is 0 Å². The van der Waals surface area contributed by atoms with Gasteiger partial charge < -0.3 is 5.32 Å². The molecule has 122 valence electrons. The van der Waals surface area contributed by atoms with Gasteiger partial charge in [0, 0.05) is 6.42 Å². The highest BCUT2D eigenvalue weighted by atomic mass is 16.1. The predicted octanol–water partition coefficient (Wildman–Crippen LogP) is 3.11. The first-order chi connectivity index (χ1) is 11.3. The van der Waals surface area contributed by atoms with Gasteiger partial charge in [-0.25, -0.2) is 0 Å². The first kappa shape index (κ1) is 15.7. The molecule has 3 rings (SSSR count). The van der Waals surface area contributed by atoms with Gasteiger partial charge in [-0.3, -0.25) is 4.79 Å². The standard InChI is InChI=1S/C18H24N4O/c23-18(11-10-15-6-4-5-7-15)21-17(14-22-19-12-13-20-22)16-8-2-1-3-9-16/h1-3,8-9,12-13,15,17H,4-7,10-11,14H2,(H,21,23). The van der Waals surface area contributed by atoms with Crippen molar-refractivity contribution < 1.29 is 4.79 Å². The summed E-state index contributed by atoms with van der Waals surface area (Å²) in [5, 5.41) is 11.5. The zero-order chi connectivity index (χ0) is 15.9. The number of hydrogen-bond acceptors (Lipinski definition) is 3. The van der Waals surface area contributed by atoms with Crippen LogP contribution in [0.25, 0.3) is 0 Å². The molecule has 1 aliphatic rings. The lowest BCUT2D eigenvalue weighted by molar-refractivity contribution is -0.122. The third kappa shape index (κ3) is 4.65. The van der Waals surface area contributed by atoms with E-state index in [1.807, 2.05) is 30.3 Å². The largest absolute Gasteiger partial charge is 0.347 e. The minimum Gasteiger partial charge on any atom is -0.347 e. The van der Waals surface area contributed by atoms with Gasteiger partial charge in [-0.05, 0) is 17.9 Å². The third-order valence-electron chi connectivity index (χ3n) is 4.60. The predicted molar refractivity (Wildman–Crippen MR) is 88.5 cm³/mol. The molecule has 1 unspecified atom stereocenters. The molecule has 0 saturated heterocycles. The van der Waals surface area contributed by atoms with Crippen molar-refractivity contribution in [2.24, 2.45) is 5.92 Å². The zero-order valence-electron chi connectivity index (χ0n) is 13.4. The zero-order valence-corrected chi connectivity index (χ0v) is 13.4. The number of rotatable bonds is 7. The van der Waals surface area contributed by atoms with Crippen molar-refractivity contribution in [3.63, 3.8) is 0 Å². The van der Waals surface area contributed by atoms with Gasteiger partial charge in [0.2, 0.25) is 5.91 Å². The Labute approximate surface area is 137 Å². The number of amides is 1. The maximum atomic E-state index is 12.4. The Morgan fingerprint density at radius 2 is 1.87 bits per heavy atom. The van der Waals surface area contributed by atoms with Gasteiger partial charge in [0.1, 0.15) is 0 Å². The third-order valence-corrected chi connectivity index (χ3v) is 4.60. The van der Waals surface area contributed by atoms with E-state index in [-0.39, 0.29) is 11.9 Å². The lowest BCUT2D eigenvalue weighted by atomic mass is 10.0. The van der Waals surface area contributed by atoms with Crippen molar-refractivity contribution in [1.82, 2.24) is 20.3 Å². The molecule has 1 heterocycles. The van der Waals surface area contributed by atoms with Crippen molar-refractivity contribution in [1.29, 1.82) is 0 Å². The number of nitrogens with zero attached hydrogens (tertiary/aromatic N) is 3. The lowest BCUT2D eigenvalue weighted by Crippen LogP contribution is -2.32. The molecular weight excluding hydrogens is 288 g/mol. The van der Waals surface area contributed by atoms with Gasteiger partial charge in [0.05, 0.1) is 25.0 Å². The number of aromatic nitrogens is 3. The van der Waals surface area contributed by atoms with E-state index in [0.717, 1.165) is 17.9 Å². The van der Waals surface area contributed by atoms with Gasteiger partial charge in [-0.1, -0.05) is 56.0 Å². The van der Waals surface area contributed by atoms with Gasteiger partial charge in [0.15, 0.2) is 0 Å². The monoisotopic (exact) mass is 312 g/mol. The minimum atomic E-state index is -0.0975. The molecule has 2 aromatic rings. The Morgan fingerprint density at radius 1 is 1.17 bits per heavy atom. The van der Waals surface area contributed by atoms with Crippen LogP contribution in [0.2, 0.25) is 0 Å². The molecule has 23 heavy (non-hydrogen) atoms. The van der Waals surface area contributed by atoms with Crippen molar-refractivity contribution in [2.45, 2.75) is 51.1 Å². The van der Waals surface area contributed by atoms with E-state index in [1.165, 1.54) is 25.7 Å². The summed E-state index contributed by atoms with van der Waals surface area (Å²) in [5.41, 5.74) is 1.08. The maximum absolute atomic E-state index is 12.4. The maximum Gasteiger partial charge on any atom is 0.220 e. The molecule has 0 spiro atoms. The molecule has 1 N–H and O–H groups in total. The number of benzene rings is 1. The number of carbonyl (C=O) groups is 1. The van der Waals surface area contributed by atoms with Crippen LogP contribution in [-0.2, 0) is 11.3 Å². The molecule has 0 aliphatic heterocycles. The highest BCUT2D eigenvalue weighted by Gasteiger charge is 2.19. The molecule has 0 bridgehead atoms. The molecule has 1 atom stereocenters. The second-order valence-electron chi connectivity index (χ2n) is 6.30. The summed E-state index contributed by atoms with van der Waals surface area (Å²) in [6.45, 7) is 0.548. The molecule has 5 nitrogen and oxygen atoms in total. The fourth-order valence-electron chi connectivity index (χ4n) is 3.32. The first-order valence-electron chi connectivity index (χ1n) is 8.49. The van der Waals surface area contributed by atoms with Crippen LogP contribution in [0, 0.1) is 5.92 Å². The number of nitrogens with one attached hydrogen (secondary N) is 1. The molecule has 1 amide bonds. The smallest absolute Gasteiger partial charge is 0.220 e. The summed E-state index contributed by atoms with van der Waals surface area (Å²) < 4.78 is 0. The summed E-state index contributed by atoms with van der Waals surface area (Å²) >= 11 is 0. The summed E-state index contributed by atoms with van der Waals surface area (Å²) in [5.74, 6) is 0.863. The van der Waals surface area contributed by atoms with E-state index in [0.29, 0.717) is 13.0 Å². The fourth-order valence-corrected chi connectivity index (χ4v) is 3.32. The van der Waals surface area contributed by atoms with Crippen LogP contribution in [0.15, 0.2) is 42.7 Å². The van der Waals surface area contributed by atoms with E-state index in [2.05, 4.69) is 15.5 Å². The fraction of sp³-hybridized carbons (Fsp3) is 0.500. The molecule has 1 saturated carbocycles. The SMILES string of the molecule is O=C(CCC1CCCC1)NC(Cn1nccn1)c1ccccc1. The van der Waals surface area contributed by atoms with E-state index in [9.17, 15) is 4.79 Å². The van der Waals surface area contributed by atoms with E-state index >= 15 is 0 Å². The molecular formula is C18H24N4O. The Morgan fingerprint density at radius 3 is 2.57 bits per heavy atom.